The normalized spacial score (nSPS) is 16.0. The van der Waals surface area contributed by atoms with E-state index in [1.165, 1.54) is 76.7 Å². The predicted octanol–water partition coefficient (Wildman–Crippen LogP) is 12.9. The van der Waals surface area contributed by atoms with Crippen LogP contribution < -0.4 is 9.80 Å². The number of hydrogen-bond acceptors (Lipinski definition) is 3. The third-order valence-corrected chi connectivity index (χ3v) is 11.9. The van der Waals surface area contributed by atoms with Crippen LogP contribution in [0.1, 0.15) is 22.3 Å². The smallest absolute Gasteiger partial charge is 0.0755 e. The van der Waals surface area contributed by atoms with Gasteiger partial charge in [-0.1, -0.05) is 139 Å². The van der Waals surface area contributed by atoms with Gasteiger partial charge >= 0.3 is 0 Å². The maximum Gasteiger partial charge on any atom is 0.0755 e. The lowest BCUT2D eigenvalue weighted by Crippen LogP contribution is -2.37. The van der Waals surface area contributed by atoms with Gasteiger partial charge in [0.15, 0.2) is 0 Å². The Hall–Kier alpha value is -6.03. The summed E-state index contributed by atoms with van der Waals surface area (Å²) in [6.07, 6.45) is 0. The Morgan fingerprint density at radius 2 is 1.10 bits per heavy atom. The number of benzene rings is 8. The number of para-hydroxylation sites is 4. The van der Waals surface area contributed by atoms with Crippen molar-refractivity contribution < 1.29 is 0 Å². The zero-order chi connectivity index (χ0) is 32.8. The third kappa shape index (κ3) is 3.65. The average molecular weight is 655 g/mol. The first-order chi connectivity index (χ1) is 24.8. The van der Waals surface area contributed by atoms with Crippen LogP contribution >= 0.6 is 11.8 Å². The molecule has 0 fully saturated rings. The van der Waals surface area contributed by atoms with E-state index >= 15 is 0 Å². The standard InChI is InChI=1S/C47H30N2S/c1-2-16-32(17-3-1)48(41-25-12-15-31-14-4-5-18-34(31)41)33-28-29-36-35-19-6-7-20-37(35)47(40(36)30-33)38-21-8-9-23-42(38)49-43-24-10-11-26-44(43)50-45-27-13-22-39(47)46(45)49/h1-30H. The second kappa shape index (κ2) is 10.5. The third-order valence-electron chi connectivity index (χ3n) is 10.8. The van der Waals surface area contributed by atoms with Crippen LogP contribution in [0.3, 0.4) is 0 Å². The van der Waals surface area contributed by atoms with Crippen LogP contribution in [0.2, 0.25) is 0 Å². The van der Waals surface area contributed by atoms with E-state index in [1.54, 1.807) is 0 Å². The van der Waals surface area contributed by atoms with E-state index in [2.05, 4.69) is 192 Å². The second-order valence-electron chi connectivity index (χ2n) is 13.3. The molecule has 234 valence electrons. The molecule has 8 aromatic rings. The topological polar surface area (TPSA) is 6.48 Å². The van der Waals surface area contributed by atoms with Crippen LogP contribution in [0.25, 0.3) is 21.9 Å². The molecule has 0 amide bonds. The van der Waals surface area contributed by atoms with Crippen LogP contribution in [-0.4, -0.2) is 0 Å². The first-order valence-electron chi connectivity index (χ1n) is 17.2. The molecule has 0 aromatic heterocycles. The van der Waals surface area contributed by atoms with Gasteiger partial charge in [-0.15, -0.1) is 0 Å². The zero-order valence-corrected chi connectivity index (χ0v) is 27.9. The molecule has 3 heteroatoms. The highest BCUT2D eigenvalue weighted by Gasteiger charge is 2.53. The average Bonchev–Trinajstić information content (AvgIpc) is 3.47. The van der Waals surface area contributed by atoms with E-state index < -0.39 is 5.41 Å². The highest BCUT2D eigenvalue weighted by molar-refractivity contribution is 7.99. The summed E-state index contributed by atoms with van der Waals surface area (Å²) >= 11 is 1.88. The van der Waals surface area contributed by atoms with Crippen LogP contribution in [0.4, 0.5) is 34.1 Å². The van der Waals surface area contributed by atoms with E-state index in [0.717, 1.165) is 11.4 Å². The first kappa shape index (κ1) is 27.9. The van der Waals surface area contributed by atoms with E-state index in [4.69, 9.17) is 0 Å². The molecular weight excluding hydrogens is 625 g/mol. The van der Waals surface area contributed by atoms with Crippen molar-refractivity contribution >= 4 is 56.7 Å². The molecule has 2 heterocycles. The molecule has 0 saturated carbocycles. The second-order valence-corrected chi connectivity index (χ2v) is 14.4. The minimum Gasteiger partial charge on any atom is -0.310 e. The minimum absolute atomic E-state index is 0.506. The van der Waals surface area contributed by atoms with Gasteiger partial charge in [-0.05, 0) is 93.4 Å². The Bertz CT molecular complexity index is 2660. The molecule has 2 aliphatic heterocycles. The minimum atomic E-state index is -0.506. The maximum atomic E-state index is 2.52. The van der Waals surface area contributed by atoms with Gasteiger partial charge in [0.1, 0.15) is 0 Å². The monoisotopic (exact) mass is 654 g/mol. The zero-order valence-electron chi connectivity index (χ0n) is 27.1. The van der Waals surface area contributed by atoms with Crippen LogP contribution in [0.5, 0.6) is 0 Å². The number of fused-ring (bicyclic) bond motifs is 12. The largest absolute Gasteiger partial charge is 0.310 e. The Balaban J connectivity index is 1.24. The quantitative estimate of drug-likeness (QED) is 0.187. The van der Waals surface area contributed by atoms with Crippen molar-refractivity contribution in [2.75, 3.05) is 9.80 Å². The van der Waals surface area contributed by atoms with Crippen molar-refractivity contribution in [1.29, 1.82) is 0 Å². The fourth-order valence-corrected chi connectivity index (χ4v) is 9.97. The highest BCUT2D eigenvalue weighted by atomic mass is 32.2. The van der Waals surface area contributed by atoms with Crippen molar-refractivity contribution in [3.63, 3.8) is 0 Å². The summed E-state index contributed by atoms with van der Waals surface area (Å²) in [4.78, 5) is 7.53. The molecule has 3 aliphatic rings. The predicted molar refractivity (Wildman–Crippen MR) is 208 cm³/mol. The molecule has 1 atom stereocenters. The van der Waals surface area contributed by atoms with E-state index in [1.807, 2.05) is 11.8 Å². The van der Waals surface area contributed by atoms with Gasteiger partial charge < -0.3 is 9.80 Å². The van der Waals surface area contributed by atoms with Crippen LogP contribution in [0.15, 0.2) is 192 Å². The molecule has 2 nitrogen and oxygen atoms in total. The van der Waals surface area contributed by atoms with Crippen molar-refractivity contribution in [3.05, 3.63) is 204 Å². The van der Waals surface area contributed by atoms with Gasteiger partial charge in [-0.25, -0.2) is 0 Å². The summed E-state index contributed by atoms with van der Waals surface area (Å²) in [6, 6.07) is 67.3. The Kier molecular flexibility index (Phi) is 5.84. The summed E-state index contributed by atoms with van der Waals surface area (Å²) in [5, 5.41) is 2.45. The molecule has 11 rings (SSSR count). The van der Waals surface area contributed by atoms with Gasteiger partial charge in [0.25, 0.3) is 0 Å². The summed E-state index contributed by atoms with van der Waals surface area (Å²) < 4.78 is 0. The summed E-state index contributed by atoms with van der Waals surface area (Å²) in [7, 11) is 0. The lowest BCUT2D eigenvalue weighted by molar-refractivity contribution is 0.746. The molecule has 1 aliphatic carbocycles. The van der Waals surface area contributed by atoms with E-state index in [0.29, 0.717) is 0 Å². The lowest BCUT2D eigenvalue weighted by Gasteiger charge is -2.47. The summed E-state index contributed by atoms with van der Waals surface area (Å²) in [5.74, 6) is 0. The Morgan fingerprint density at radius 3 is 2.02 bits per heavy atom. The van der Waals surface area contributed by atoms with Crippen molar-refractivity contribution in [2.24, 2.45) is 0 Å². The Labute approximate surface area is 295 Å². The van der Waals surface area contributed by atoms with Crippen LogP contribution in [-0.2, 0) is 5.41 Å². The van der Waals surface area contributed by atoms with E-state index in [-0.39, 0.29) is 0 Å². The SMILES string of the molecule is c1ccc(N(c2ccc3c(c2)C2(c4ccccc4-3)c3ccccc3N3c4ccccc4Sc4cccc2c43)c2cccc3ccccc23)cc1. The van der Waals surface area contributed by atoms with Gasteiger partial charge in [0.2, 0.25) is 0 Å². The fourth-order valence-electron chi connectivity index (χ4n) is 8.88. The molecule has 50 heavy (non-hydrogen) atoms. The summed E-state index contributed by atoms with van der Waals surface area (Å²) in [6.45, 7) is 0. The molecule has 1 spiro atoms. The van der Waals surface area contributed by atoms with Gasteiger partial charge in [-0.2, -0.15) is 0 Å². The fraction of sp³-hybridized carbons (Fsp3) is 0.0213. The van der Waals surface area contributed by atoms with Gasteiger partial charge in [0.05, 0.1) is 28.2 Å². The van der Waals surface area contributed by atoms with Crippen LogP contribution in [0, 0.1) is 0 Å². The molecule has 0 bridgehead atoms. The van der Waals surface area contributed by atoms with Gasteiger partial charge in [-0.3, -0.25) is 0 Å². The number of nitrogens with zero attached hydrogens (tertiary/aromatic N) is 2. The van der Waals surface area contributed by atoms with Crippen molar-refractivity contribution in [1.82, 2.24) is 0 Å². The Morgan fingerprint density at radius 1 is 0.440 bits per heavy atom. The maximum absolute atomic E-state index is 2.52. The first-order valence-corrected chi connectivity index (χ1v) is 18.0. The molecule has 0 radical (unpaired) electrons. The molecule has 0 saturated heterocycles. The van der Waals surface area contributed by atoms with Crippen molar-refractivity contribution in [3.8, 4) is 11.1 Å². The number of hydrogen-bond donors (Lipinski definition) is 0. The lowest BCUT2D eigenvalue weighted by atomic mass is 9.64. The molecule has 0 N–H and O–H groups in total. The molecule has 8 aromatic carbocycles. The molecular formula is C47H30N2S. The summed E-state index contributed by atoms with van der Waals surface area (Å²) in [5.41, 5.74) is 14.6. The van der Waals surface area contributed by atoms with Gasteiger partial charge in [0, 0.05) is 26.6 Å². The highest BCUT2D eigenvalue weighted by Crippen LogP contribution is 2.67. The number of anilines is 6. The molecule has 1 unspecified atom stereocenters. The number of rotatable bonds is 3. The van der Waals surface area contributed by atoms with Crippen molar-refractivity contribution in [2.45, 2.75) is 15.2 Å². The van der Waals surface area contributed by atoms with E-state index in [9.17, 15) is 0 Å².